The summed E-state index contributed by atoms with van der Waals surface area (Å²) in [5, 5.41) is 10.8. The van der Waals surface area contributed by atoms with Gasteiger partial charge < -0.3 is 24.9 Å². The summed E-state index contributed by atoms with van der Waals surface area (Å²) in [6.07, 6.45) is 13.1. The molecule has 1 aromatic carbocycles. The molecule has 3 N–H and O–H groups in total. The van der Waals surface area contributed by atoms with Gasteiger partial charge >= 0.3 is 5.97 Å². The predicted octanol–water partition coefficient (Wildman–Crippen LogP) is 5.54. The summed E-state index contributed by atoms with van der Waals surface area (Å²) < 4.78 is 13.7. The van der Waals surface area contributed by atoms with E-state index >= 15 is 0 Å². The van der Waals surface area contributed by atoms with Gasteiger partial charge in [0.2, 0.25) is 0 Å². The number of rotatable bonds is 11. The van der Waals surface area contributed by atoms with Crippen LogP contribution in [0.1, 0.15) is 61.3 Å². The van der Waals surface area contributed by atoms with Crippen LogP contribution in [0.15, 0.2) is 78.4 Å². The maximum Gasteiger partial charge on any atom is 0.331 e. The number of aliphatic carboxylic acids is 1. The molecule has 0 amide bonds. The molecule has 3 aliphatic rings. The smallest absolute Gasteiger partial charge is 0.331 e. The molecule has 9 heteroatoms. The van der Waals surface area contributed by atoms with Gasteiger partial charge in [-0.2, -0.15) is 0 Å². The number of carboxylic acids is 1. The van der Waals surface area contributed by atoms with Crippen LogP contribution in [0.5, 0.6) is 0 Å². The van der Waals surface area contributed by atoms with E-state index < -0.39 is 5.97 Å². The minimum atomic E-state index is -0.850. The van der Waals surface area contributed by atoms with Crippen molar-refractivity contribution in [1.82, 2.24) is 19.4 Å². The number of ether oxygens (including phenoxy) is 2. The second-order valence-electron chi connectivity index (χ2n) is 12.1. The van der Waals surface area contributed by atoms with E-state index in [9.17, 15) is 9.90 Å². The monoisotopic (exact) mass is 595 g/mol. The van der Waals surface area contributed by atoms with Gasteiger partial charge in [0.15, 0.2) is 5.88 Å². The maximum atomic E-state index is 11.8. The Hall–Kier alpha value is -4.21. The number of allylic oxidation sites excluding steroid dienone is 4. The van der Waals surface area contributed by atoms with Crippen molar-refractivity contribution in [3.8, 4) is 0 Å². The lowest BCUT2D eigenvalue weighted by Crippen LogP contribution is -2.36. The minimum absolute atomic E-state index is 0.0775. The summed E-state index contributed by atoms with van der Waals surface area (Å²) in [5.74, 6) is 0.986. The zero-order valence-corrected chi connectivity index (χ0v) is 25.3. The standard InChI is InChI=1S/C35H41N5O4/c1-23(5-3-7-32(36)44-22-25-8-9-27-6-4-13-37-30(27)18-25)26-10-14-39(15-11-26)21-33-38-34-24(2)17-28(35(41)42)19-31(34)40(33)20-29-12-16-43-29/h3-9,13,18-19,24,26,29H,1,10-12,14-17,20-22,36H2,2H3,(H,41,42)/b5-3-,32-7+/t24?,29-/m0/s1. The van der Waals surface area contributed by atoms with Crippen LogP contribution in [0, 0.1) is 5.92 Å². The SMILES string of the molecule is C=C(/C=C\C=C(/N)OCc1ccc2cccnc2c1)C1CCN(Cc2nc3c(n2C[C@@H]2CCO2)C=C(C(=O)O)CC3C)CC1. The van der Waals surface area contributed by atoms with Crippen LogP contribution in [-0.2, 0) is 34.0 Å². The molecule has 0 spiro atoms. The number of hydrogen-bond donors (Lipinski definition) is 2. The molecule has 1 unspecified atom stereocenters. The van der Waals surface area contributed by atoms with Gasteiger partial charge in [0.25, 0.3) is 0 Å². The fourth-order valence-corrected chi connectivity index (χ4v) is 6.29. The molecule has 1 aliphatic carbocycles. The summed E-state index contributed by atoms with van der Waals surface area (Å²) in [6, 6.07) is 10.0. The quantitative estimate of drug-likeness (QED) is 0.219. The highest BCUT2D eigenvalue weighted by molar-refractivity contribution is 5.93. The fourth-order valence-electron chi connectivity index (χ4n) is 6.29. The maximum absolute atomic E-state index is 11.8. The van der Waals surface area contributed by atoms with E-state index in [2.05, 4.69) is 28.0 Å². The van der Waals surface area contributed by atoms with E-state index in [1.54, 1.807) is 12.3 Å². The lowest BCUT2D eigenvalue weighted by atomic mass is 9.89. The fraction of sp³-hybridized carbons (Fsp3) is 0.400. The zero-order chi connectivity index (χ0) is 30.6. The topological polar surface area (TPSA) is 116 Å². The third-order valence-corrected chi connectivity index (χ3v) is 9.00. The summed E-state index contributed by atoms with van der Waals surface area (Å²) >= 11 is 0. The summed E-state index contributed by atoms with van der Waals surface area (Å²) in [4.78, 5) is 23.7. The molecular formula is C35H41N5O4. The summed E-state index contributed by atoms with van der Waals surface area (Å²) in [6.45, 7) is 10.9. The first-order chi connectivity index (χ1) is 21.3. The number of piperidine rings is 1. The average molecular weight is 596 g/mol. The summed E-state index contributed by atoms with van der Waals surface area (Å²) in [7, 11) is 0. The lowest BCUT2D eigenvalue weighted by Gasteiger charge is -2.33. The van der Waals surface area contributed by atoms with Crippen LogP contribution in [0.2, 0.25) is 0 Å². The Kier molecular flexibility index (Phi) is 8.95. The number of carboxylic acid groups (broad SMARTS) is 1. The van der Waals surface area contributed by atoms with Crippen molar-refractivity contribution in [1.29, 1.82) is 0 Å². The lowest BCUT2D eigenvalue weighted by molar-refractivity contribution is -0.132. The van der Waals surface area contributed by atoms with Gasteiger partial charge in [-0.05, 0) is 74.5 Å². The van der Waals surface area contributed by atoms with Gasteiger partial charge in [-0.25, -0.2) is 9.78 Å². The Morgan fingerprint density at radius 3 is 2.82 bits per heavy atom. The third-order valence-electron chi connectivity index (χ3n) is 9.00. The number of imidazole rings is 1. The molecule has 3 aromatic rings. The normalized spacial score (nSPS) is 21.2. The number of nitrogens with two attached hydrogens (primary N) is 1. The van der Waals surface area contributed by atoms with Crippen molar-refractivity contribution >= 4 is 22.9 Å². The molecule has 2 saturated heterocycles. The number of aromatic nitrogens is 3. The molecule has 2 atom stereocenters. The number of hydrogen-bond acceptors (Lipinski definition) is 7. The second kappa shape index (κ2) is 13.2. The molecule has 0 bridgehead atoms. The second-order valence-corrected chi connectivity index (χ2v) is 12.1. The van der Waals surface area contributed by atoms with Crippen LogP contribution in [0.4, 0.5) is 0 Å². The number of pyridine rings is 1. The Labute approximate surface area is 258 Å². The number of benzene rings is 1. The van der Waals surface area contributed by atoms with Crippen molar-refractivity contribution in [3.63, 3.8) is 0 Å². The zero-order valence-electron chi connectivity index (χ0n) is 25.3. The first-order valence-electron chi connectivity index (χ1n) is 15.5. The highest BCUT2D eigenvalue weighted by atomic mass is 16.5. The average Bonchev–Trinajstić information content (AvgIpc) is 3.35. The Bertz CT molecular complexity index is 1620. The molecular weight excluding hydrogens is 554 g/mol. The largest absolute Gasteiger partial charge is 0.478 e. The van der Waals surface area contributed by atoms with Gasteiger partial charge in [0.1, 0.15) is 12.4 Å². The minimum Gasteiger partial charge on any atom is -0.478 e. The van der Waals surface area contributed by atoms with Gasteiger partial charge in [0.05, 0.1) is 36.1 Å². The molecule has 2 aliphatic heterocycles. The van der Waals surface area contributed by atoms with E-state index in [4.69, 9.17) is 20.2 Å². The molecule has 0 saturated carbocycles. The van der Waals surface area contributed by atoms with E-state index in [1.807, 2.05) is 48.6 Å². The molecule has 2 fully saturated rings. The first kappa shape index (κ1) is 29.8. The first-order valence-corrected chi connectivity index (χ1v) is 15.5. The van der Waals surface area contributed by atoms with Crippen molar-refractivity contribution in [3.05, 3.63) is 101 Å². The Balaban J connectivity index is 1.02. The molecule has 230 valence electrons. The molecule has 2 aromatic heterocycles. The predicted molar refractivity (Wildman–Crippen MR) is 170 cm³/mol. The molecule has 4 heterocycles. The highest BCUT2D eigenvalue weighted by Gasteiger charge is 2.31. The Morgan fingerprint density at radius 2 is 2.07 bits per heavy atom. The molecule has 6 rings (SSSR count). The van der Waals surface area contributed by atoms with Crippen molar-refractivity contribution < 1.29 is 19.4 Å². The van der Waals surface area contributed by atoms with Gasteiger partial charge in [-0.1, -0.05) is 49.4 Å². The van der Waals surface area contributed by atoms with E-state index in [-0.39, 0.29) is 12.0 Å². The number of likely N-dealkylation sites (tertiary alicyclic amines) is 1. The van der Waals surface area contributed by atoms with Crippen LogP contribution in [0.25, 0.3) is 17.0 Å². The molecule has 0 radical (unpaired) electrons. The molecule has 9 nitrogen and oxygen atoms in total. The van der Waals surface area contributed by atoms with Crippen molar-refractivity contribution in [2.45, 2.75) is 64.3 Å². The van der Waals surface area contributed by atoms with Gasteiger partial charge in [-0.15, -0.1) is 0 Å². The van der Waals surface area contributed by atoms with E-state index in [1.165, 1.54) is 0 Å². The van der Waals surface area contributed by atoms with E-state index in [0.717, 1.165) is 84.8 Å². The summed E-state index contributed by atoms with van der Waals surface area (Å²) in [5.41, 5.74) is 11.5. The van der Waals surface area contributed by atoms with Crippen molar-refractivity contribution in [2.75, 3.05) is 19.7 Å². The highest BCUT2D eigenvalue weighted by Crippen LogP contribution is 2.35. The van der Waals surface area contributed by atoms with Crippen LogP contribution in [-0.4, -0.2) is 56.3 Å². The van der Waals surface area contributed by atoms with E-state index in [0.29, 0.717) is 36.9 Å². The Morgan fingerprint density at radius 1 is 1.25 bits per heavy atom. The van der Waals surface area contributed by atoms with Crippen LogP contribution < -0.4 is 5.73 Å². The van der Waals surface area contributed by atoms with Crippen LogP contribution in [0.3, 0.4) is 0 Å². The van der Waals surface area contributed by atoms with Gasteiger partial charge in [-0.3, -0.25) is 9.88 Å². The number of nitrogens with zero attached hydrogens (tertiary/aromatic N) is 4. The number of fused-ring (bicyclic) bond motifs is 2. The molecule has 44 heavy (non-hydrogen) atoms. The van der Waals surface area contributed by atoms with Gasteiger partial charge in [0, 0.05) is 29.7 Å². The number of carbonyl (C=O) groups is 1. The van der Waals surface area contributed by atoms with Crippen molar-refractivity contribution in [2.24, 2.45) is 11.7 Å². The third kappa shape index (κ3) is 6.79. The van der Waals surface area contributed by atoms with Crippen LogP contribution >= 0.6 is 0 Å².